The average molecular weight is 307 g/mol. The number of nitrogens with zero attached hydrogens (tertiary/aromatic N) is 1. The Labute approximate surface area is 130 Å². The lowest BCUT2D eigenvalue weighted by Gasteiger charge is -2.21. The Hall–Kier alpha value is -2.29. The molecule has 0 aromatic carbocycles. The topological polar surface area (TPSA) is 77.2 Å². The number of carbonyl (C=O) groups excluding carboxylic acids is 1. The number of pyridine rings is 1. The average Bonchev–Trinajstić information content (AvgIpc) is 2.36. The Morgan fingerprint density at radius 2 is 2.18 bits per heavy atom. The summed E-state index contributed by atoms with van der Waals surface area (Å²) in [5.74, 6) is 5.20. The predicted molar refractivity (Wildman–Crippen MR) is 83.7 cm³/mol. The minimum Gasteiger partial charge on any atom is -0.444 e. The highest BCUT2D eigenvalue weighted by molar-refractivity contribution is 5.68. The number of ether oxygens (including phenoxy) is 1. The van der Waals surface area contributed by atoms with Crippen molar-refractivity contribution in [2.45, 2.75) is 52.7 Å². The molecule has 0 aliphatic carbocycles. The number of rotatable bonds is 2. The SMILES string of the molecule is Cc1c(N)ncc(C#CC[C@H](C)NC(=O)OC(C)(C)C)c1F. The van der Waals surface area contributed by atoms with E-state index in [9.17, 15) is 9.18 Å². The summed E-state index contributed by atoms with van der Waals surface area (Å²) in [5, 5.41) is 2.66. The second-order valence-electron chi connectivity index (χ2n) is 6.05. The number of alkyl carbamates (subject to hydrolysis) is 1. The van der Waals surface area contributed by atoms with Gasteiger partial charge in [-0.2, -0.15) is 0 Å². The van der Waals surface area contributed by atoms with Crippen molar-refractivity contribution < 1.29 is 13.9 Å². The van der Waals surface area contributed by atoms with Crippen LogP contribution in [0.25, 0.3) is 0 Å². The minimum atomic E-state index is -0.550. The number of nitrogens with one attached hydrogen (secondary N) is 1. The van der Waals surface area contributed by atoms with Crippen LogP contribution in [0.5, 0.6) is 0 Å². The van der Waals surface area contributed by atoms with Crippen LogP contribution in [0.2, 0.25) is 0 Å². The van der Waals surface area contributed by atoms with Gasteiger partial charge in [-0.3, -0.25) is 0 Å². The summed E-state index contributed by atoms with van der Waals surface area (Å²) < 4.78 is 19.0. The molecule has 0 radical (unpaired) electrons. The van der Waals surface area contributed by atoms with Crippen LogP contribution in [0, 0.1) is 24.6 Å². The van der Waals surface area contributed by atoms with Crippen molar-refractivity contribution in [2.24, 2.45) is 0 Å². The van der Waals surface area contributed by atoms with E-state index < -0.39 is 17.5 Å². The molecule has 1 aromatic heterocycles. The zero-order valence-electron chi connectivity index (χ0n) is 13.6. The molecule has 1 amide bonds. The summed E-state index contributed by atoms with van der Waals surface area (Å²) in [7, 11) is 0. The molecule has 5 nitrogen and oxygen atoms in total. The lowest BCUT2D eigenvalue weighted by Crippen LogP contribution is -2.37. The fraction of sp³-hybridized carbons (Fsp3) is 0.500. The third-order valence-electron chi connectivity index (χ3n) is 2.68. The largest absolute Gasteiger partial charge is 0.444 e. The molecule has 0 aliphatic heterocycles. The van der Waals surface area contributed by atoms with Crippen LogP contribution in [0.3, 0.4) is 0 Å². The van der Waals surface area contributed by atoms with Crippen LogP contribution in [-0.2, 0) is 4.74 Å². The van der Waals surface area contributed by atoms with Crippen molar-refractivity contribution in [1.82, 2.24) is 10.3 Å². The van der Waals surface area contributed by atoms with E-state index in [0.717, 1.165) is 0 Å². The molecule has 6 heteroatoms. The number of hydrogen-bond donors (Lipinski definition) is 2. The van der Waals surface area contributed by atoms with Crippen molar-refractivity contribution in [3.63, 3.8) is 0 Å². The fourth-order valence-electron chi connectivity index (χ4n) is 1.55. The van der Waals surface area contributed by atoms with Gasteiger partial charge in [-0.1, -0.05) is 11.8 Å². The lowest BCUT2D eigenvalue weighted by atomic mass is 10.1. The Balaban J connectivity index is 2.61. The Bertz CT molecular complexity index is 612. The second-order valence-corrected chi connectivity index (χ2v) is 6.05. The van der Waals surface area contributed by atoms with Crippen molar-refractivity contribution in [3.8, 4) is 11.8 Å². The van der Waals surface area contributed by atoms with E-state index in [-0.39, 0.29) is 23.0 Å². The number of anilines is 1. The molecule has 1 rings (SSSR count). The zero-order chi connectivity index (χ0) is 16.9. The van der Waals surface area contributed by atoms with Gasteiger partial charge in [-0.05, 0) is 34.6 Å². The van der Waals surface area contributed by atoms with Crippen molar-refractivity contribution in [2.75, 3.05) is 5.73 Å². The summed E-state index contributed by atoms with van der Waals surface area (Å²) in [6, 6.07) is -0.215. The summed E-state index contributed by atoms with van der Waals surface area (Å²) >= 11 is 0. The molecule has 0 aliphatic rings. The highest BCUT2D eigenvalue weighted by atomic mass is 19.1. The quantitative estimate of drug-likeness (QED) is 0.824. The summed E-state index contributed by atoms with van der Waals surface area (Å²) in [4.78, 5) is 15.4. The molecule has 1 atom stereocenters. The van der Waals surface area contributed by atoms with Gasteiger partial charge in [-0.15, -0.1) is 0 Å². The molecule has 0 saturated heterocycles. The molecular weight excluding hydrogens is 285 g/mol. The molecule has 22 heavy (non-hydrogen) atoms. The third-order valence-corrected chi connectivity index (χ3v) is 2.68. The van der Waals surface area contributed by atoms with Crippen LogP contribution in [0.1, 0.15) is 45.2 Å². The molecule has 3 N–H and O–H groups in total. The van der Waals surface area contributed by atoms with Gasteiger partial charge in [-0.25, -0.2) is 14.2 Å². The van der Waals surface area contributed by atoms with Gasteiger partial charge in [0.05, 0.1) is 5.56 Å². The van der Waals surface area contributed by atoms with Crippen molar-refractivity contribution >= 4 is 11.9 Å². The molecule has 0 saturated carbocycles. The van der Waals surface area contributed by atoms with E-state index in [0.29, 0.717) is 6.42 Å². The van der Waals surface area contributed by atoms with Gasteiger partial charge in [0.2, 0.25) is 0 Å². The van der Waals surface area contributed by atoms with E-state index in [1.165, 1.54) is 6.20 Å². The number of carbonyl (C=O) groups is 1. The first-order valence-corrected chi connectivity index (χ1v) is 6.99. The standard InChI is InChI=1S/C16H22FN3O2/c1-10(20-15(21)22-16(3,4)5)7-6-8-12-9-19-14(18)11(2)13(12)17/h9-10H,7H2,1-5H3,(H2,18,19)(H,20,21)/t10-/m0/s1. The van der Waals surface area contributed by atoms with Crippen LogP contribution in [0.4, 0.5) is 15.0 Å². The zero-order valence-corrected chi connectivity index (χ0v) is 13.6. The van der Waals surface area contributed by atoms with Gasteiger partial charge >= 0.3 is 6.09 Å². The van der Waals surface area contributed by atoms with Crippen molar-refractivity contribution in [1.29, 1.82) is 0 Å². The molecule has 120 valence electrons. The monoisotopic (exact) mass is 307 g/mol. The van der Waals surface area contributed by atoms with Crippen LogP contribution < -0.4 is 11.1 Å². The fourth-order valence-corrected chi connectivity index (χ4v) is 1.55. The summed E-state index contributed by atoms with van der Waals surface area (Å²) in [6.07, 6.45) is 1.16. The number of aromatic nitrogens is 1. The van der Waals surface area contributed by atoms with Gasteiger partial charge in [0, 0.05) is 24.2 Å². The summed E-state index contributed by atoms with van der Waals surface area (Å²) in [5.41, 5.74) is 5.44. The Morgan fingerprint density at radius 3 is 2.77 bits per heavy atom. The number of nitrogen functional groups attached to an aromatic ring is 1. The molecule has 1 heterocycles. The first-order chi connectivity index (χ1) is 10.1. The lowest BCUT2D eigenvalue weighted by molar-refractivity contribution is 0.0509. The molecule has 0 unspecified atom stereocenters. The Kier molecular flexibility index (Phi) is 5.75. The molecule has 1 aromatic rings. The van der Waals surface area contributed by atoms with Gasteiger partial charge < -0.3 is 15.8 Å². The normalized spacial score (nSPS) is 12.1. The minimum absolute atomic E-state index is 0.156. The third kappa shape index (κ3) is 5.60. The molecule has 0 fully saturated rings. The number of hydrogen-bond acceptors (Lipinski definition) is 4. The maximum Gasteiger partial charge on any atom is 0.407 e. The van der Waals surface area contributed by atoms with Gasteiger partial charge in [0.1, 0.15) is 17.2 Å². The van der Waals surface area contributed by atoms with E-state index in [1.807, 2.05) is 0 Å². The second kappa shape index (κ2) is 7.12. The predicted octanol–water partition coefficient (Wildman–Crippen LogP) is 2.77. The highest BCUT2D eigenvalue weighted by Gasteiger charge is 2.17. The smallest absolute Gasteiger partial charge is 0.407 e. The van der Waals surface area contributed by atoms with Crippen LogP contribution in [-0.4, -0.2) is 22.7 Å². The van der Waals surface area contributed by atoms with Crippen molar-refractivity contribution in [3.05, 3.63) is 23.1 Å². The maximum atomic E-state index is 13.9. The molecule has 0 spiro atoms. The van der Waals surface area contributed by atoms with E-state index in [1.54, 1.807) is 34.6 Å². The first kappa shape index (κ1) is 17.8. The van der Waals surface area contributed by atoms with Gasteiger partial charge in [0.15, 0.2) is 0 Å². The molecular formula is C16H22FN3O2. The number of halogens is 1. The first-order valence-electron chi connectivity index (χ1n) is 6.99. The van der Waals surface area contributed by atoms with Crippen LogP contribution in [0.15, 0.2) is 6.20 Å². The van der Waals surface area contributed by atoms with Gasteiger partial charge in [0.25, 0.3) is 0 Å². The highest BCUT2D eigenvalue weighted by Crippen LogP contribution is 2.14. The maximum absolute atomic E-state index is 13.9. The van der Waals surface area contributed by atoms with E-state index in [4.69, 9.17) is 10.5 Å². The summed E-state index contributed by atoms with van der Waals surface area (Å²) in [6.45, 7) is 8.71. The van der Waals surface area contributed by atoms with Crippen LogP contribution >= 0.6 is 0 Å². The number of amides is 1. The van der Waals surface area contributed by atoms with E-state index in [2.05, 4.69) is 22.1 Å². The number of nitrogens with two attached hydrogens (primary N) is 1. The Morgan fingerprint density at radius 1 is 1.55 bits per heavy atom. The van der Waals surface area contributed by atoms with E-state index >= 15 is 0 Å². The molecule has 0 bridgehead atoms.